The summed E-state index contributed by atoms with van der Waals surface area (Å²) in [5, 5.41) is 6.12. The number of hydrogen-bond donors (Lipinski definition) is 2. The summed E-state index contributed by atoms with van der Waals surface area (Å²) in [6, 6.07) is 11.9. The van der Waals surface area contributed by atoms with Gasteiger partial charge in [0, 0.05) is 43.1 Å². The molecule has 2 N–H and O–H groups in total. The number of nitrogens with zero attached hydrogens (tertiary/aromatic N) is 1. The third-order valence-corrected chi connectivity index (χ3v) is 5.55. The van der Waals surface area contributed by atoms with Crippen LogP contribution in [0.5, 0.6) is 0 Å². The number of hydrogen-bond acceptors (Lipinski definition) is 3. The fourth-order valence-electron chi connectivity index (χ4n) is 3.64. The molecule has 8 heteroatoms. The van der Waals surface area contributed by atoms with Gasteiger partial charge in [0.1, 0.15) is 11.9 Å². The van der Waals surface area contributed by atoms with E-state index in [1.54, 1.807) is 47.4 Å². The lowest BCUT2D eigenvalue weighted by molar-refractivity contribution is -0.128. The molecule has 164 valence electrons. The van der Waals surface area contributed by atoms with Gasteiger partial charge in [-0.1, -0.05) is 29.8 Å². The van der Waals surface area contributed by atoms with Crippen molar-refractivity contribution in [2.24, 2.45) is 0 Å². The molecule has 2 aromatic carbocycles. The summed E-state index contributed by atoms with van der Waals surface area (Å²) in [6.07, 6.45) is 1.25. The van der Waals surface area contributed by atoms with Gasteiger partial charge >= 0.3 is 0 Å². The highest BCUT2D eigenvalue weighted by Gasteiger charge is 2.28. The Morgan fingerprint density at radius 1 is 1.10 bits per heavy atom. The third kappa shape index (κ3) is 6.28. The van der Waals surface area contributed by atoms with E-state index < -0.39 is 11.9 Å². The zero-order valence-corrected chi connectivity index (χ0v) is 18.0. The number of carbonyl (C=O) groups is 3. The van der Waals surface area contributed by atoms with Crippen molar-refractivity contribution in [3.63, 3.8) is 0 Å². The first-order valence-corrected chi connectivity index (χ1v) is 10.6. The maximum atomic E-state index is 14.0. The largest absolute Gasteiger partial charge is 0.351 e. The van der Waals surface area contributed by atoms with E-state index in [9.17, 15) is 18.8 Å². The minimum absolute atomic E-state index is 0.0615. The molecule has 3 rings (SSSR count). The minimum Gasteiger partial charge on any atom is -0.351 e. The second kappa shape index (κ2) is 10.4. The first-order chi connectivity index (χ1) is 14.8. The van der Waals surface area contributed by atoms with Crippen LogP contribution in [0.2, 0.25) is 5.02 Å². The summed E-state index contributed by atoms with van der Waals surface area (Å²) in [6.45, 7) is 2.33. The second-order valence-electron chi connectivity index (χ2n) is 7.63. The molecule has 0 saturated carbocycles. The lowest BCUT2D eigenvalue weighted by Gasteiger charge is -2.33. The molecule has 1 atom stereocenters. The van der Waals surface area contributed by atoms with Gasteiger partial charge in [0.15, 0.2) is 0 Å². The molecule has 6 nitrogen and oxygen atoms in total. The number of benzene rings is 2. The van der Waals surface area contributed by atoms with E-state index in [4.69, 9.17) is 11.6 Å². The molecule has 0 spiro atoms. The van der Waals surface area contributed by atoms with E-state index in [-0.39, 0.29) is 30.2 Å². The van der Waals surface area contributed by atoms with Gasteiger partial charge in [-0.3, -0.25) is 14.4 Å². The number of likely N-dealkylation sites (tertiary alicyclic amines) is 1. The molecular formula is C23H25ClFN3O3. The van der Waals surface area contributed by atoms with Crippen LogP contribution in [0.25, 0.3) is 0 Å². The molecule has 2 aromatic rings. The maximum absolute atomic E-state index is 14.0. The van der Waals surface area contributed by atoms with Crippen LogP contribution < -0.4 is 10.6 Å². The predicted octanol–water partition coefficient (Wildman–Crippen LogP) is 2.95. The highest BCUT2D eigenvalue weighted by molar-refractivity contribution is 6.30. The molecule has 0 radical (unpaired) electrons. The van der Waals surface area contributed by atoms with Gasteiger partial charge < -0.3 is 15.5 Å². The van der Waals surface area contributed by atoms with Crippen molar-refractivity contribution < 1.29 is 18.8 Å². The molecule has 1 aliphatic rings. The monoisotopic (exact) mass is 445 g/mol. The Morgan fingerprint density at radius 2 is 1.74 bits per heavy atom. The van der Waals surface area contributed by atoms with Crippen LogP contribution in [-0.4, -0.2) is 47.8 Å². The topological polar surface area (TPSA) is 78.5 Å². The predicted molar refractivity (Wildman–Crippen MR) is 116 cm³/mol. The van der Waals surface area contributed by atoms with E-state index in [0.29, 0.717) is 42.1 Å². The van der Waals surface area contributed by atoms with E-state index in [1.165, 1.54) is 13.0 Å². The Labute approximate surface area is 185 Å². The lowest BCUT2D eigenvalue weighted by Crippen LogP contribution is -2.53. The first-order valence-electron chi connectivity index (χ1n) is 10.2. The minimum atomic E-state index is -0.872. The van der Waals surface area contributed by atoms with Crippen molar-refractivity contribution in [1.29, 1.82) is 0 Å². The molecule has 1 unspecified atom stereocenters. The Bertz CT molecular complexity index is 943. The maximum Gasteiger partial charge on any atom is 0.253 e. The van der Waals surface area contributed by atoms with Gasteiger partial charge in [-0.25, -0.2) is 4.39 Å². The molecule has 1 heterocycles. The van der Waals surface area contributed by atoms with Gasteiger partial charge in [0.05, 0.1) is 0 Å². The van der Waals surface area contributed by atoms with Crippen LogP contribution in [0.15, 0.2) is 48.5 Å². The van der Waals surface area contributed by atoms with Crippen LogP contribution in [0.1, 0.15) is 35.7 Å². The van der Waals surface area contributed by atoms with Crippen molar-refractivity contribution in [3.8, 4) is 0 Å². The van der Waals surface area contributed by atoms with E-state index in [2.05, 4.69) is 10.6 Å². The fourth-order valence-corrected chi connectivity index (χ4v) is 3.77. The average molecular weight is 446 g/mol. The van der Waals surface area contributed by atoms with Crippen LogP contribution in [-0.2, 0) is 16.0 Å². The molecule has 1 aliphatic heterocycles. The molecule has 0 aromatic heterocycles. The van der Waals surface area contributed by atoms with Crippen LogP contribution in [0.4, 0.5) is 4.39 Å². The van der Waals surface area contributed by atoms with Crippen LogP contribution in [0.3, 0.4) is 0 Å². The van der Waals surface area contributed by atoms with Gasteiger partial charge in [-0.05, 0) is 48.7 Å². The van der Waals surface area contributed by atoms with Crippen molar-refractivity contribution in [3.05, 3.63) is 70.5 Å². The molecule has 31 heavy (non-hydrogen) atoms. The highest BCUT2D eigenvalue weighted by Crippen LogP contribution is 2.17. The third-order valence-electron chi connectivity index (χ3n) is 5.30. The summed E-state index contributed by atoms with van der Waals surface area (Å²) in [7, 11) is 0. The van der Waals surface area contributed by atoms with Gasteiger partial charge in [-0.15, -0.1) is 0 Å². The quantitative estimate of drug-likeness (QED) is 0.717. The van der Waals surface area contributed by atoms with E-state index in [1.807, 2.05) is 0 Å². The molecule has 0 aliphatic carbocycles. The summed E-state index contributed by atoms with van der Waals surface area (Å²) in [4.78, 5) is 38.7. The Hall–Kier alpha value is -2.93. The molecule has 1 saturated heterocycles. The van der Waals surface area contributed by atoms with Gasteiger partial charge in [0.2, 0.25) is 11.8 Å². The normalized spacial score (nSPS) is 15.3. The van der Waals surface area contributed by atoms with Gasteiger partial charge in [-0.2, -0.15) is 0 Å². The number of carbonyl (C=O) groups excluding carboxylic acids is 3. The highest BCUT2D eigenvalue weighted by atomic mass is 35.5. The first kappa shape index (κ1) is 22.7. The number of amides is 3. The molecule has 1 fully saturated rings. The second-order valence-corrected chi connectivity index (χ2v) is 8.07. The zero-order valence-electron chi connectivity index (χ0n) is 17.2. The smallest absolute Gasteiger partial charge is 0.253 e. The van der Waals surface area contributed by atoms with Crippen LogP contribution >= 0.6 is 11.6 Å². The van der Waals surface area contributed by atoms with Crippen molar-refractivity contribution in [2.45, 2.75) is 38.3 Å². The SMILES string of the molecule is CC(=O)NC(Cc1ccccc1F)C(=O)NC1CCN(C(=O)c2ccc(Cl)cc2)CC1. The summed E-state index contributed by atoms with van der Waals surface area (Å²) < 4.78 is 14.0. The number of nitrogens with one attached hydrogen (secondary N) is 2. The number of piperidine rings is 1. The number of rotatable bonds is 6. The van der Waals surface area contributed by atoms with E-state index in [0.717, 1.165) is 0 Å². The van der Waals surface area contributed by atoms with Crippen LogP contribution in [0, 0.1) is 5.82 Å². The Morgan fingerprint density at radius 3 is 2.35 bits per heavy atom. The Balaban J connectivity index is 1.56. The average Bonchev–Trinajstić information content (AvgIpc) is 2.75. The van der Waals surface area contributed by atoms with E-state index >= 15 is 0 Å². The fraction of sp³-hybridized carbons (Fsp3) is 0.348. The molecular weight excluding hydrogens is 421 g/mol. The Kier molecular flexibility index (Phi) is 7.63. The molecule has 0 bridgehead atoms. The lowest BCUT2D eigenvalue weighted by atomic mass is 10.0. The molecule has 3 amide bonds. The van der Waals surface area contributed by atoms with Crippen molar-refractivity contribution in [2.75, 3.05) is 13.1 Å². The summed E-state index contributed by atoms with van der Waals surface area (Å²) in [5.41, 5.74) is 0.933. The summed E-state index contributed by atoms with van der Waals surface area (Å²) in [5.74, 6) is -1.21. The zero-order chi connectivity index (χ0) is 22.4. The van der Waals surface area contributed by atoms with Crippen molar-refractivity contribution in [1.82, 2.24) is 15.5 Å². The number of halogens is 2. The standard InChI is InChI=1S/C23H25ClFN3O3/c1-15(29)26-21(14-17-4-2-3-5-20(17)25)22(30)27-19-10-12-28(13-11-19)23(31)16-6-8-18(24)9-7-16/h2-9,19,21H,10-14H2,1H3,(H,26,29)(H,27,30). The summed E-state index contributed by atoms with van der Waals surface area (Å²) >= 11 is 5.87. The van der Waals surface area contributed by atoms with Gasteiger partial charge in [0.25, 0.3) is 5.91 Å². The van der Waals surface area contributed by atoms with Crippen molar-refractivity contribution >= 4 is 29.3 Å².